The molecule has 12 heteroatoms. The molecule has 1 atom stereocenters. The average molecular weight is 662 g/mol. The number of nitrogens with zero attached hydrogens (tertiary/aromatic N) is 3. The third-order valence-electron chi connectivity index (χ3n) is 9.93. The van der Waals surface area contributed by atoms with Gasteiger partial charge in [0, 0.05) is 35.1 Å². The lowest BCUT2D eigenvalue weighted by Gasteiger charge is -2.46. The SMILES string of the molecule is O=C(Cc1c(F)cccc1Cl)N1CCC[C@](CCN2CCC(N3CCCCC3)CC2)(c2ccc(C(F)(F)F)c(C(F)(F)F)c2)C1. The molecule has 0 N–H and O–H groups in total. The van der Waals surface area contributed by atoms with E-state index in [1.807, 2.05) is 0 Å². The number of benzene rings is 2. The predicted molar refractivity (Wildman–Crippen MR) is 159 cm³/mol. The molecule has 0 radical (unpaired) electrons. The van der Waals surface area contributed by atoms with Crippen LogP contribution in [0.15, 0.2) is 36.4 Å². The zero-order chi connectivity index (χ0) is 32.4. The molecule has 0 aromatic heterocycles. The molecule has 2 aromatic rings. The minimum absolute atomic E-state index is 0.0187. The second kappa shape index (κ2) is 13.8. The Kier molecular flexibility index (Phi) is 10.4. The monoisotopic (exact) mass is 661 g/mol. The summed E-state index contributed by atoms with van der Waals surface area (Å²) in [6.07, 6.45) is -3.88. The van der Waals surface area contributed by atoms with Crippen LogP contribution >= 0.6 is 11.6 Å². The molecule has 0 bridgehead atoms. The first kappa shape index (κ1) is 34.0. The van der Waals surface area contributed by atoms with E-state index < -0.39 is 40.6 Å². The fourth-order valence-corrected chi connectivity index (χ4v) is 7.64. The Bertz CT molecular complexity index is 1320. The molecule has 2 aromatic carbocycles. The number of likely N-dealkylation sites (tertiary alicyclic amines) is 3. The summed E-state index contributed by atoms with van der Waals surface area (Å²) in [6.45, 7) is 4.72. The Labute approximate surface area is 264 Å². The fourth-order valence-electron chi connectivity index (χ4n) is 7.41. The average Bonchev–Trinajstić information content (AvgIpc) is 3.01. The number of rotatable bonds is 7. The van der Waals surface area contributed by atoms with Gasteiger partial charge in [-0.1, -0.05) is 30.2 Å². The van der Waals surface area contributed by atoms with Gasteiger partial charge in [-0.25, -0.2) is 4.39 Å². The van der Waals surface area contributed by atoms with Crippen molar-refractivity contribution in [2.24, 2.45) is 0 Å². The second-order valence-corrected chi connectivity index (χ2v) is 13.2. The zero-order valence-electron chi connectivity index (χ0n) is 25.1. The zero-order valence-corrected chi connectivity index (χ0v) is 25.9. The van der Waals surface area contributed by atoms with Crippen molar-refractivity contribution in [2.75, 3.05) is 45.8 Å². The highest BCUT2D eigenvalue weighted by molar-refractivity contribution is 6.31. The van der Waals surface area contributed by atoms with Gasteiger partial charge >= 0.3 is 12.4 Å². The number of hydrogen-bond acceptors (Lipinski definition) is 3. The summed E-state index contributed by atoms with van der Waals surface area (Å²) in [7, 11) is 0. The molecule has 4 nitrogen and oxygen atoms in total. The van der Waals surface area contributed by atoms with Crippen molar-refractivity contribution < 1.29 is 35.5 Å². The quantitative estimate of drug-likeness (QED) is 0.282. The van der Waals surface area contributed by atoms with Crippen molar-refractivity contribution >= 4 is 17.5 Å². The number of alkyl halides is 6. The molecule has 3 fully saturated rings. The van der Waals surface area contributed by atoms with E-state index in [-0.39, 0.29) is 29.1 Å². The third-order valence-corrected chi connectivity index (χ3v) is 10.3. The van der Waals surface area contributed by atoms with Gasteiger partial charge in [-0.05, 0) is 107 Å². The maximum Gasteiger partial charge on any atom is 0.417 e. The molecule has 0 spiro atoms. The van der Waals surface area contributed by atoms with Crippen LogP contribution in [0, 0.1) is 5.82 Å². The molecule has 45 heavy (non-hydrogen) atoms. The Balaban J connectivity index is 1.40. The van der Waals surface area contributed by atoms with E-state index in [9.17, 15) is 35.5 Å². The van der Waals surface area contributed by atoms with Crippen LogP contribution in [0.5, 0.6) is 0 Å². The maximum atomic E-state index is 14.5. The van der Waals surface area contributed by atoms with E-state index in [4.69, 9.17) is 11.6 Å². The highest BCUT2D eigenvalue weighted by atomic mass is 35.5. The van der Waals surface area contributed by atoms with Gasteiger partial charge in [0.2, 0.25) is 5.91 Å². The van der Waals surface area contributed by atoms with E-state index >= 15 is 0 Å². The van der Waals surface area contributed by atoms with Crippen LogP contribution in [-0.4, -0.2) is 72.5 Å². The lowest BCUT2D eigenvalue weighted by Crippen LogP contribution is -2.51. The van der Waals surface area contributed by atoms with E-state index in [0.717, 1.165) is 45.1 Å². The number of carbonyl (C=O) groups is 1. The third kappa shape index (κ3) is 7.96. The van der Waals surface area contributed by atoms with Crippen molar-refractivity contribution in [3.05, 3.63) is 69.5 Å². The van der Waals surface area contributed by atoms with Crippen LogP contribution in [0.25, 0.3) is 0 Å². The van der Waals surface area contributed by atoms with E-state index in [0.29, 0.717) is 50.5 Å². The summed E-state index contributed by atoms with van der Waals surface area (Å²) < 4.78 is 97.5. The molecule has 0 unspecified atom stereocenters. The van der Waals surface area contributed by atoms with Crippen molar-refractivity contribution in [1.29, 1.82) is 0 Å². The summed E-state index contributed by atoms with van der Waals surface area (Å²) in [5.41, 5.74) is -4.30. The van der Waals surface area contributed by atoms with E-state index in [1.165, 1.54) is 42.4 Å². The van der Waals surface area contributed by atoms with Gasteiger partial charge in [0.15, 0.2) is 0 Å². The van der Waals surface area contributed by atoms with Gasteiger partial charge in [-0.2, -0.15) is 26.3 Å². The van der Waals surface area contributed by atoms with Crippen LogP contribution in [0.4, 0.5) is 30.7 Å². The summed E-state index contributed by atoms with van der Waals surface area (Å²) in [5.74, 6) is -1.07. The molecule has 3 aliphatic heterocycles. The Morgan fingerprint density at radius 3 is 2.20 bits per heavy atom. The first-order valence-electron chi connectivity index (χ1n) is 15.7. The van der Waals surface area contributed by atoms with Crippen LogP contribution in [0.3, 0.4) is 0 Å². The number of carbonyl (C=O) groups excluding carboxylic acids is 1. The molecule has 5 rings (SSSR count). The maximum absolute atomic E-state index is 14.5. The molecule has 3 saturated heterocycles. The molecule has 248 valence electrons. The Morgan fingerprint density at radius 2 is 1.56 bits per heavy atom. The minimum Gasteiger partial charge on any atom is -0.342 e. The molecule has 3 heterocycles. The smallest absolute Gasteiger partial charge is 0.342 e. The molecule has 3 aliphatic rings. The van der Waals surface area contributed by atoms with Crippen molar-refractivity contribution in [2.45, 2.75) is 81.6 Å². The number of piperidine rings is 3. The van der Waals surface area contributed by atoms with Crippen molar-refractivity contribution in [3.63, 3.8) is 0 Å². The molecule has 1 amide bonds. The second-order valence-electron chi connectivity index (χ2n) is 12.8. The molecular formula is C33H39ClF7N3O. The molecular weight excluding hydrogens is 623 g/mol. The topological polar surface area (TPSA) is 26.8 Å². The highest BCUT2D eigenvalue weighted by Crippen LogP contribution is 2.45. The van der Waals surface area contributed by atoms with Gasteiger partial charge in [0.1, 0.15) is 5.82 Å². The van der Waals surface area contributed by atoms with Crippen molar-refractivity contribution in [1.82, 2.24) is 14.7 Å². The number of amides is 1. The highest BCUT2D eigenvalue weighted by Gasteiger charge is 2.46. The number of hydrogen-bond donors (Lipinski definition) is 0. The summed E-state index contributed by atoms with van der Waals surface area (Å²) in [6, 6.07) is 6.90. The lowest BCUT2D eigenvalue weighted by molar-refractivity contribution is -0.162. The van der Waals surface area contributed by atoms with Gasteiger partial charge in [-0.15, -0.1) is 0 Å². The van der Waals surface area contributed by atoms with Gasteiger partial charge in [0.25, 0.3) is 0 Å². The first-order valence-corrected chi connectivity index (χ1v) is 16.1. The number of halogens is 8. The lowest BCUT2D eigenvalue weighted by atomic mass is 9.70. The van der Waals surface area contributed by atoms with Gasteiger partial charge < -0.3 is 14.7 Å². The predicted octanol–water partition coefficient (Wildman–Crippen LogP) is 7.96. The first-order chi connectivity index (χ1) is 21.3. The summed E-state index contributed by atoms with van der Waals surface area (Å²) >= 11 is 6.15. The molecule has 0 aliphatic carbocycles. The van der Waals surface area contributed by atoms with Crippen molar-refractivity contribution in [3.8, 4) is 0 Å². The van der Waals surface area contributed by atoms with Crippen LogP contribution in [0.2, 0.25) is 5.02 Å². The Morgan fingerprint density at radius 1 is 0.867 bits per heavy atom. The minimum atomic E-state index is -5.22. The fraction of sp³-hybridized carbons (Fsp3) is 0.606. The standard InChI is InChI=1S/C33H39ClF7N3O/c34-28-6-4-7-29(35)25(28)21-30(45)44-16-5-12-31(22-44,23-8-9-26(32(36,37)38)27(20-23)33(39,40)41)13-19-42-17-10-24(11-18-42)43-14-2-1-3-15-43/h4,6-9,20,24H,1-3,5,10-19,21-22H2/t31-/m1/s1. The van der Waals surface area contributed by atoms with E-state index in [2.05, 4.69) is 9.80 Å². The summed E-state index contributed by atoms with van der Waals surface area (Å²) in [5, 5.41) is 0.0946. The normalized spacial score (nSPS) is 23.0. The largest absolute Gasteiger partial charge is 0.417 e. The molecule has 0 saturated carbocycles. The summed E-state index contributed by atoms with van der Waals surface area (Å²) in [4.78, 5) is 19.8. The van der Waals surface area contributed by atoms with Gasteiger partial charge in [-0.3, -0.25) is 4.79 Å². The van der Waals surface area contributed by atoms with Crippen LogP contribution in [-0.2, 0) is 29.0 Å². The Hall–Kier alpha value is -2.37. The van der Waals surface area contributed by atoms with E-state index in [1.54, 1.807) is 0 Å². The van der Waals surface area contributed by atoms with Crippen LogP contribution < -0.4 is 0 Å². The van der Waals surface area contributed by atoms with Crippen LogP contribution in [0.1, 0.15) is 73.6 Å². The van der Waals surface area contributed by atoms with Gasteiger partial charge in [0.05, 0.1) is 17.5 Å².